The molecule has 1 aromatic rings. The van der Waals surface area contributed by atoms with Crippen molar-refractivity contribution in [1.82, 2.24) is 9.55 Å². The fourth-order valence-electron chi connectivity index (χ4n) is 1.31. The largest absolute Gasteiger partial charge is 0.355 e. The van der Waals surface area contributed by atoms with Gasteiger partial charge in [-0.05, 0) is 12.3 Å². The number of hydrogen-bond donors (Lipinski definition) is 1. The van der Waals surface area contributed by atoms with E-state index in [1.807, 2.05) is 12.4 Å². The van der Waals surface area contributed by atoms with E-state index in [0.717, 1.165) is 25.5 Å². The van der Waals surface area contributed by atoms with Gasteiger partial charge in [0.25, 0.3) is 0 Å². The monoisotopic (exact) mass is 195 g/mol. The Hall–Kier alpha value is -0.990. The van der Waals surface area contributed by atoms with Gasteiger partial charge in [-0.1, -0.05) is 27.2 Å². The van der Waals surface area contributed by atoms with Crippen molar-refractivity contribution in [3.05, 3.63) is 12.4 Å². The first-order chi connectivity index (χ1) is 6.77. The molecule has 0 radical (unpaired) electrons. The molecule has 3 nitrogen and oxygen atoms in total. The molecule has 0 bridgehead atoms. The maximum atomic E-state index is 4.29. The Bertz CT molecular complexity index is 255. The van der Waals surface area contributed by atoms with Crippen LogP contribution in [0.4, 0.5) is 5.95 Å². The highest BCUT2D eigenvalue weighted by atomic mass is 15.2. The van der Waals surface area contributed by atoms with Gasteiger partial charge in [-0.15, -0.1) is 0 Å². The Labute approximate surface area is 86.5 Å². The summed E-state index contributed by atoms with van der Waals surface area (Å²) in [6, 6.07) is 0. The summed E-state index contributed by atoms with van der Waals surface area (Å²) in [5, 5.41) is 3.38. The fourth-order valence-corrected chi connectivity index (χ4v) is 1.31. The zero-order valence-corrected chi connectivity index (χ0v) is 9.45. The summed E-state index contributed by atoms with van der Waals surface area (Å²) in [5.74, 6) is 1.72. The molecule has 80 valence electrons. The zero-order chi connectivity index (χ0) is 10.4. The molecule has 1 aromatic heterocycles. The van der Waals surface area contributed by atoms with E-state index >= 15 is 0 Å². The molecule has 1 rings (SSSR count). The van der Waals surface area contributed by atoms with Gasteiger partial charge in [0.05, 0.1) is 0 Å². The molecular formula is C11H21N3. The van der Waals surface area contributed by atoms with E-state index in [1.165, 1.54) is 6.42 Å². The summed E-state index contributed by atoms with van der Waals surface area (Å²) in [4.78, 5) is 4.29. The molecule has 0 aliphatic carbocycles. The van der Waals surface area contributed by atoms with E-state index in [2.05, 4.69) is 35.6 Å². The fraction of sp³-hybridized carbons (Fsp3) is 0.727. The second-order valence-corrected chi connectivity index (χ2v) is 3.84. The van der Waals surface area contributed by atoms with Crippen molar-refractivity contribution in [3.8, 4) is 0 Å². The number of rotatable bonds is 6. The van der Waals surface area contributed by atoms with Crippen LogP contribution in [0.25, 0.3) is 0 Å². The quantitative estimate of drug-likeness (QED) is 0.756. The highest BCUT2D eigenvalue weighted by Crippen LogP contribution is 2.07. The van der Waals surface area contributed by atoms with Crippen LogP contribution in [0.1, 0.15) is 33.6 Å². The Kier molecular flexibility index (Phi) is 4.50. The van der Waals surface area contributed by atoms with E-state index < -0.39 is 0 Å². The van der Waals surface area contributed by atoms with Crippen LogP contribution in [0.3, 0.4) is 0 Å². The third kappa shape index (κ3) is 3.05. The minimum Gasteiger partial charge on any atom is -0.355 e. The predicted octanol–water partition coefficient (Wildman–Crippen LogP) is 2.75. The molecule has 1 heterocycles. The van der Waals surface area contributed by atoms with Gasteiger partial charge in [-0.2, -0.15) is 0 Å². The van der Waals surface area contributed by atoms with Crippen LogP contribution in [0.2, 0.25) is 0 Å². The van der Waals surface area contributed by atoms with Crippen LogP contribution in [0.5, 0.6) is 0 Å². The summed E-state index contributed by atoms with van der Waals surface area (Å²) >= 11 is 0. The summed E-state index contributed by atoms with van der Waals surface area (Å²) < 4.78 is 2.17. The van der Waals surface area contributed by atoms with Gasteiger partial charge in [-0.3, -0.25) is 0 Å². The Balaban J connectivity index is 2.45. The van der Waals surface area contributed by atoms with Crippen LogP contribution >= 0.6 is 0 Å². The van der Waals surface area contributed by atoms with Crippen molar-refractivity contribution in [2.75, 3.05) is 11.9 Å². The molecule has 14 heavy (non-hydrogen) atoms. The summed E-state index contributed by atoms with van der Waals surface area (Å²) in [5.41, 5.74) is 0. The lowest BCUT2D eigenvalue weighted by Crippen LogP contribution is -2.14. The maximum absolute atomic E-state index is 4.29. The van der Waals surface area contributed by atoms with Crippen molar-refractivity contribution in [2.45, 2.75) is 40.2 Å². The number of nitrogens with one attached hydrogen (secondary N) is 1. The van der Waals surface area contributed by atoms with Crippen LogP contribution in [0, 0.1) is 5.92 Å². The molecule has 0 spiro atoms. The highest BCUT2D eigenvalue weighted by molar-refractivity contribution is 5.25. The first kappa shape index (κ1) is 11.1. The number of hydrogen-bond acceptors (Lipinski definition) is 2. The van der Waals surface area contributed by atoms with Gasteiger partial charge in [0.2, 0.25) is 5.95 Å². The number of anilines is 1. The topological polar surface area (TPSA) is 29.9 Å². The average Bonchev–Trinajstić information content (AvgIpc) is 2.62. The van der Waals surface area contributed by atoms with Crippen molar-refractivity contribution < 1.29 is 0 Å². The first-order valence-corrected chi connectivity index (χ1v) is 5.52. The van der Waals surface area contributed by atoms with Gasteiger partial charge in [-0.25, -0.2) is 4.98 Å². The van der Waals surface area contributed by atoms with Crippen molar-refractivity contribution in [1.29, 1.82) is 0 Å². The minimum absolute atomic E-state index is 0.710. The summed E-state index contributed by atoms with van der Waals surface area (Å²) in [6.07, 6.45) is 6.24. The predicted molar refractivity (Wildman–Crippen MR) is 60.5 cm³/mol. The molecule has 0 saturated heterocycles. The second-order valence-electron chi connectivity index (χ2n) is 3.84. The van der Waals surface area contributed by atoms with Gasteiger partial charge in [0.1, 0.15) is 0 Å². The molecule has 0 saturated carbocycles. The Morgan fingerprint density at radius 3 is 2.93 bits per heavy atom. The van der Waals surface area contributed by atoms with Gasteiger partial charge >= 0.3 is 0 Å². The molecule has 0 aliphatic rings. The van der Waals surface area contributed by atoms with Gasteiger partial charge in [0, 0.05) is 25.5 Å². The third-order valence-corrected chi connectivity index (χ3v) is 2.49. The second kappa shape index (κ2) is 5.68. The molecule has 3 heteroatoms. The van der Waals surface area contributed by atoms with Crippen molar-refractivity contribution >= 4 is 5.95 Å². The smallest absolute Gasteiger partial charge is 0.202 e. The SMILES string of the molecule is CCCn1ccnc1NCC(C)CC. The molecule has 0 aliphatic heterocycles. The number of nitrogens with zero attached hydrogens (tertiary/aromatic N) is 2. The lowest BCUT2D eigenvalue weighted by Gasteiger charge is -2.12. The highest BCUT2D eigenvalue weighted by Gasteiger charge is 2.03. The lowest BCUT2D eigenvalue weighted by atomic mass is 10.1. The van der Waals surface area contributed by atoms with Crippen molar-refractivity contribution in [3.63, 3.8) is 0 Å². The molecule has 0 aromatic carbocycles. The van der Waals surface area contributed by atoms with Crippen LogP contribution in [-0.4, -0.2) is 16.1 Å². The molecular weight excluding hydrogens is 174 g/mol. The molecule has 0 amide bonds. The van der Waals surface area contributed by atoms with E-state index in [-0.39, 0.29) is 0 Å². The van der Waals surface area contributed by atoms with Gasteiger partial charge in [0.15, 0.2) is 0 Å². The lowest BCUT2D eigenvalue weighted by molar-refractivity contribution is 0.585. The zero-order valence-electron chi connectivity index (χ0n) is 9.45. The normalized spacial score (nSPS) is 12.8. The molecule has 1 unspecified atom stereocenters. The summed E-state index contributed by atoms with van der Waals surface area (Å²) in [7, 11) is 0. The number of aromatic nitrogens is 2. The van der Waals surface area contributed by atoms with E-state index in [9.17, 15) is 0 Å². The Morgan fingerprint density at radius 2 is 2.29 bits per heavy atom. The van der Waals surface area contributed by atoms with Crippen LogP contribution in [0.15, 0.2) is 12.4 Å². The van der Waals surface area contributed by atoms with E-state index in [0.29, 0.717) is 5.92 Å². The number of imidazole rings is 1. The molecule has 1 N–H and O–H groups in total. The van der Waals surface area contributed by atoms with E-state index in [1.54, 1.807) is 0 Å². The number of aryl methyl sites for hydroxylation is 1. The summed E-state index contributed by atoms with van der Waals surface area (Å²) in [6.45, 7) is 8.70. The standard InChI is InChI=1S/C11H21N3/c1-4-7-14-8-6-12-11(14)13-9-10(3)5-2/h6,8,10H,4-5,7,9H2,1-3H3,(H,12,13). The third-order valence-electron chi connectivity index (χ3n) is 2.49. The Morgan fingerprint density at radius 1 is 1.50 bits per heavy atom. The van der Waals surface area contributed by atoms with Crippen molar-refractivity contribution in [2.24, 2.45) is 5.92 Å². The average molecular weight is 195 g/mol. The van der Waals surface area contributed by atoms with Crippen LogP contribution < -0.4 is 5.32 Å². The van der Waals surface area contributed by atoms with Crippen LogP contribution in [-0.2, 0) is 6.54 Å². The van der Waals surface area contributed by atoms with E-state index in [4.69, 9.17) is 0 Å². The van der Waals surface area contributed by atoms with Gasteiger partial charge < -0.3 is 9.88 Å². The molecule has 1 atom stereocenters. The molecule has 0 fully saturated rings. The first-order valence-electron chi connectivity index (χ1n) is 5.52. The maximum Gasteiger partial charge on any atom is 0.202 e. The minimum atomic E-state index is 0.710.